The quantitative estimate of drug-likeness (QED) is 0.901. The van der Waals surface area contributed by atoms with Crippen molar-refractivity contribution in [3.8, 4) is 6.07 Å². The highest BCUT2D eigenvalue weighted by atomic mass is 35.5. The summed E-state index contributed by atoms with van der Waals surface area (Å²) in [6.07, 6.45) is 1.92. The van der Waals surface area contributed by atoms with Crippen molar-refractivity contribution in [1.82, 2.24) is 0 Å². The Kier molecular flexibility index (Phi) is 3.70. The maximum absolute atomic E-state index is 9.34. The first-order valence-electron chi connectivity index (χ1n) is 6.28. The summed E-state index contributed by atoms with van der Waals surface area (Å²) in [5.74, 6) is 0.614. The van der Waals surface area contributed by atoms with Crippen molar-refractivity contribution >= 4 is 28.7 Å². The van der Waals surface area contributed by atoms with Crippen LogP contribution in [-0.4, -0.2) is 0 Å². The van der Waals surface area contributed by atoms with Gasteiger partial charge in [0.15, 0.2) is 0 Å². The molecule has 0 amide bonds. The first-order chi connectivity index (χ1) is 10.2. The molecular weight excluding hydrogens is 304 g/mol. The summed E-state index contributed by atoms with van der Waals surface area (Å²) in [5.41, 5.74) is 7.29. The SMILES string of the molecule is N#CC1=C(N)OC(c2cccs2)=CC1c1ccc(Cl)cc1. The van der Waals surface area contributed by atoms with Crippen molar-refractivity contribution in [1.29, 1.82) is 5.26 Å². The average Bonchev–Trinajstić information content (AvgIpc) is 3.01. The van der Waals surface area contributed by atoms with Gasteiger partial charge in [0, 0.05) is 10.9 Å². The number of ether oxygens (including phenoxy) is 1. The molecule has 0 aliphatic carbocycles. The molecule has 3 rings (SSSR count). The standard InChI is InChI=1S/C16H11ClN2OS/c17-11-5-3-10(4-6-11)12-8-14(15-2-1-7-21-15)20-16(19)13(12)9-18/h1-8,12H,19H2. The van der Waals surface area contributed by atoms with Crippen LogP contribution in [0.15, 0.2) is 59.3 Å². The third kappa shape index (κ3) is 2.66. The number of nitrogens with zero attached hydrogens (tertiary/aromatic N) is 1. The molecule has 1 atom stereocenters. The van der Waals surface area contributed by atoms with Crippen LogP contribution in [0, 0.1) is 11.3 Å². The predicted octanol–water partition coefficient (Wildman–Crippen LogP) is 4.25. The molecule has 2 aromatic rings. The summed E-state index contributed by atoms with van der Waals surface area (Å²) >= 11 is 7.48. The van der Waals surface area contributed by atoms with Crippen molar-refractivity contribution in [3.05, 3.63) is 74.8 Å². The van der Waals surface area contributed by atoms with Crippen LogP contribution < -0.4 is 5.73 Å². The van der Waals surface area contributed by atoms with Gasteiger partial charge in [-0.2, -0.15) is 5.26 Å². The Balaban J connectivity index is 2.07. The Bertz CT molecular complexity index is 755. The zero-order valence-electron chi connectivity index (χ0n) is 10.9. The lowest BCUT2D eigenvalue weighted by Gasteiger charge is -2.22. The molecule has 0 spiro atoms. The zero-order chi connectivity index (χ0) is 14.8. The molecule has 1 aliphatic rings. The van der Waals surface area contributed by atoms with Crippen molar-refractivity contribution in [2.45, 2.75) is 5.92 Å². The lowest BCUT2D eigenvalue weighted by atomic mass is 9.90. The molecule has 0 fully saturated rings. The van der Waals surface area contributed by atoms with Gasteiger partial charge in [-0.3, -0.25) is 0 Å². The highest BCUT2D eigenvalue weighted by molar-refractivity contribution is 7.11. The van der Waals surface area contributed by atoms with Crippen LogP contribution in [0.4, 0.5) is 0 Å². The predicted molar refractivity (Wildman–Crippen MR) is 84.4 cm³/mol. The zero-order valence-corrected chi connectivity index (χ0v) is 12.5. The third-order valence-corrected chi connectivity index (χ3v) is 4.36. The number of rotatable bonds is 2. The lowest BCUT2D eigenvalue weighted by molar-refractivity contribution is 0.362. The first kappa shape index (κ1) is 13.7. The lowest BCUT2D eigenvalue weighted by Crippen LogP contribution is -2.15. The van der Waals surface area contributed by atoms with Gasteiger partial charge >= 0.3 is 0 Å². The largest absolute Gasteiger partial charge is 0.439 e. The third-order valence-electron chi connectivity index (χ3n) is 3.23. The molecule has 0 saturated carbocycles. The van der Waals surface area contributed by atoms with Crippen LogP contribution in [0.1, 0.15) is 16.4 Å². The summed E-state index contributed by atoms with van der Waals surface area (Å²) in [6.45, 7) is 0. The van der Waals surface area contributed by atoms with E-state index in [9.17, 15) is 5.26 Å². The van der Waals surface area contributed by atoms with Gasteiger partial charge in [0.25, 0.3) is 0 Å². The maximum Gasteiger partial charge on any atom is 0.205 e. The molecule has 1 aliphatic heterocycles. The van der Waals surface area contributed by atoms with Crippen LogP contribution in [0.5, 0.6) is 0 Å². The van der Waals surface area contributed by atoms with Gasteiger partial charge in [0.1, 0.15) is 17.4 Å². The van der Waals surface area contributed by atoms with Crippen molar-refractivity contribution in [2.75, 3.05) is 0 Å². The number of thiophene rings is 1. The van der Waals surface area contributed by atoms with Gasteiger partial charge in [-0.05, 0) is 35.2 Å². The second kappa shape index (κ2) is 5.65. The van der Waals surface area contributed by atoms with Crippen LogP contribution in [0.25, 0.3) is 5.76 Å². The van der Waals surface area contributed by atoms with Gasteiger partial charge in [-0.1, -0.05) is 29.8 Å². The van der Waals surface area contributed by atoms with E-state index in [0.717, 1.165) is 10.4 Å². The van der Waals surface area contributed by atoms with Crippen LogP contribution in [0.3, 0.4) is 0 Å². The number of benzene rings is 1. The van der Waals surface area contributed by atoms with Gasteiger partial charge in [-0.25, -0.2) is 0 Å². The van der Waals surface area contributed by atoms with Crippen molar-refractivity contribution in [2.24, 2.45) is 5.73 Å². The fourth-order valence-corrected chi connectivity index (χ4v) is 3.02. The number of hydrogen-bond donors (Lipinski definition) is 1. The smallest absolute Gasteiger partial charge is 0.205 e. The summed E-state index contributed by atoms with van der Waals surface area (Å²) in [4.78, 5) is 0.980. The van der Waals surface area contributed by atoms with Crippen LogP contribution >= 0.6 is 22.9 Å². The van der Waals surface area contributed by atoms with E-state index < -0.39 is 0 Å². The molecule has 0 saturated heterocycles. The monoisotopic (exact) mass is 314 g/mol. The van der Waals surface area contributed by atoms with E-state index in [0.29, 0.717) is 16.4 Å². The minimum atomic E-state index is -0.224. The molecule has 0 bridgehead atoms. The fraction of sp³-hybridized carbons (Fsp3) is 0.0625. The summed E-state index contributed by atoms with van der Waals surface area (Å²) in [5, 5.41) is 12.0. The number of allylic oxidation sites excluding steroid dienone is 2. The number of nitriles is 1. The Morgan fingerprint density at radius 3 is 2.62 bits per heavy atom. The fourth-order valence-electron chi connectivity index (χ4n) is 2.20. The Morgan fingerprint density at radius 1 is 1.24 bits per heavy atom. The summed E-state index contributed by atoms with van der Waals surface area (Å²) in [6, 6.07) is 13.4. The van der Waals surface area contributed by atoms with E-state index in [1.54, 1.807) is 23.5 Å². The van der Waals surface area contributed by atoms with Crippen molar-refractivity contribution in [3.63, 3.8) is 0 Å². The molecule has 2 heterocycles. The van der Waals surface area contributed by atoms with Crippen LogP contribution in [0.2, 0.25) is 5.02 Å². The topological polar surface area (TPSA) is 59.0 Å². The molecule has 104 valence electrons. The molecule has 1 unspecified atom stereocenters. The van der Waals surface area contributed by atoms with Crippen molar-refractivity contribution < 1.29 is 4.74 Å². The molecule has 0 radical (unpaired) electrons. The first-order valence-corrected chi connectivity index (χ1v) is 7.53. The van der Waals surface area contributed by atoms with Gasteiger partial charge in [-0.15, -0.1) is 11.3 Å². The van der Waals surface area contributed by atoms with E-state index >= 15 is 0 Å². The molecule has 1 aromatic carbocycles. The number of hydrogen-bond acceptors (Lipinski definition) is 4. The van der Waals surface area contributed by atoms with E-state index in [1.807, 2.05) is 35.7 Å². The molecular formula is C16H11ClN2OS. The Labute approximate surface area is 131 Å². The Hall–Kier alpha value is -2.22. The van der Waals surface area contributed by atoms with Gasteiger partial charge in [0.05, 0.1) is 4.88 Å². The molecule has 3 nitrogen and oxygen atoms in total. The van der Waals surface area contributed by atoms with E-state index in [4.69, 9.17) is 22.1 Å². The van der Waals surface area contributed by atoms with Gasteiger partial charge in [0.2, 0.25) is 5.88 Å². The minimum Gasteiger partial charge on any atom is -0.439 e. The van der Waals surface area contributed by atoms with E-state index in [-0.39, 0.29) is 11.8 Å². The number of halogens is 1. The Morgan fingerprint density at radius 2 is 2.00 bits per heavy atom. The second-order valence-electron chi connectivity index (χ2n) is 4.53. The normalized spacial score (nSPS) is 17.9. The van der Waals surface area contributed by atoms with E-state index in [1.165, 1.54) is 0 Å². The molecule has 2 N–H and O–H groups in total. The second-order valence-corrected chi connectivity index (χ2v) is 5.91. The van der Waals surface area contributed by atoms with E-state index in [2.05, 4.69) is 6.07 Å². The minimum absolute atomic E-state index is 0.156. The van der Waals surface area contributed by atoms with Gasteiger partial charge < -0.3 is 10.5 Å². The molecule has 1 aromatic heterocycles. The summed E-state index contributed by atoms with van der Waals surface area (Å²) in [7, 11) is 0. The van der Waals surface area contributed by atoms with Crippen LogP contribution in [-0.2, 0) is 4.74 Å². The highest BCUT2D eigenvalue weighted by Crippen LogP contribution is 2.37. The number of nitrogens with two attached hydrogens (primary N) is 1. The highest BCUT2D eigenvalue weighted by Gasteiger charge is 2.26. The molecule has 21 heavy (non-hydrogen) atoms. The molecule has 5 heteroatoms. The maximum atomic E-state index is 9.34. The summed E-state index contributed by atoms with van der Waals surface area (Å²) < 4.78 is 5.59. The average molecular weight is 315 g/mol.